The molecule has 0 spiro atoms. The molecule has 0 aliphatic carbocycles. The van der Waals surface area contributed by atoms with E-state index in [0.717, 1.165) is 11.0 Å². The van der Waals surface area contributed by atoms with Gasteiger partial charge in [0.1, 0.15) is 23.8 Å². The lowest BCUT2D eigenvalue weighted by Gasteiger charge is -2.27. The molecular formula is C20H21F4N3O2S. The number of nitrogens with one attached hydrogen (secondary N) is 1. The van der Waals surface area contributed by atoms with Crippen LogP contribution in [0.1, 0.15) is 12.5 Å². The number of halogens is 4. The minimum Gasteiger partial charge on any atom is -0.598 e. The summed E-state index contributed by atoms with van der Waals surface area (Å²) in [6, 6.07) is 4.80. The Morgan fingerprint density at radius 2 is 1.83 bits per heavy atom. The first-order valence-corrected chi connectivity index (χ1v) is 10.6. The van der Waals surface area contributed by atoms with Crippen LogP contribution in [0.25, 0.3) is 11.1 Å². The van der Waals surface area contributed by atoms with E-state index in [2.05, 4.69) is 4.72 Å². The Labute approximate surface area is 174 Å². The largest absolute Gasteiger partial charge is 0.598 e. The quantitative estimate of drug-likeness (QED) is 0.532. The van der Waals surface area contributed by atoms with Crippen molar-refractivity contribution in [2.75, 3.05) is 12.3 Å². The number of urea groups is 1. The minimum absolute atomic E-state index is 0.0654. The summed E-state index contributed by atoms with van der Waals surface area (Å²) < 4.78 is 72.1. The summed E-state index contributed by atoms with van der Waals surface area (Å²) in [6.45, 7) is 1.32. The highest BCUT2D eigenvalue weighted by molar-refractivity contribution is 7.89. The van der Waals surface area contributed by atoms with Gasteiger partial charge in [-0.3, -0.25) is 0 Å². The standard InChI is InChI=1S/C20H21F4N3O2S/c1-2-30(29)26-19-15(22)10-27(20(25)28)16(19)9-11-5-3-6-12(17(11)23)13-7-4-8-14(21)18(13)24/h3-8,15-16,19,26H,2,9-10H2,1H3,(H2,25,28)/t15-,16-,19-,30?/m0/s1. The van der Waals surface area contributed by atoms with Crippen LogP contribution < -0.4 is 10.5 Å². The molecule has 3 N–H and O–H groups in total. The fraction of sp³-hybridized carbons (Fsp3) is 0.350. The van der Waals surface area contributed by atoms with Crippen molar-refractivity contribution in [3.63, 3.8) is 0 Å². The molecule has 1 unspecified atom stereocenters. The van der Waals surface area contributed by atoms with Crippen LogP contribution in [0.4, 0.5) is 22.4 Å². The maximum atomic E-state index is 15.2. The second-order valence-electron chi connectivity index (χ2n) is 6.94. The summed E-state index contributed by atoms with van der Waals surface area (Å²) in [4.78, 5) is 12.9. The van der Waals surface area contributed by atoms with Gasteiger partial charge in [-0.15, -0.1) is 4.72 Å². The Bertz CT molecular complexity index is 933. The van der Waals surface area contributed by atoms with Gasteiger partial charge in [-0.2, -0.15) is 0 Å². The molecule has 5 nitrogen and oxygen atoms in total. The van der Waals surface area contributed by atoms with Crippen molar-refractivity contribution in [2.45, 2.75) is 31.6 Å². The van der Waals surface area contributed by atoms with Gasteiger partial charge in [-0.25, -0.2) is 22.4 Å². The Hall–Kier alpha value is -2.30. The van der Waals surface area contributed by atoms with E-state index in [1.54, 1.807) is 6.92 Å². The van der Waals surface area contributed by atoms with E-state index in [1.165, 1.54) is 30.3 Å². The number of amides is 2. The molecule has 0 saturated carbocycles. The van der Waals surface area contributed by atoms with Gasteiger partial charge in [-0.1, -0.05) is 30.3 Å². The summed E-state index contributed by atoms with van der Waals surface area (Å²) in [6.07, 6.45) is -1.71. The lowest BCUT2D eigenvalue weighted by Crippen LogP contribution is -2.51. The second kappa shape index (κ2) is 9.23. The number of likely N-dealkylation sites (tertiary alicyclic amines) is 1. The molecule has 1 heterocycles. The third-order valence-corrected chi connectivity index (χ3v) is 6.20. The second-order valence-corrected chi connectivity index (χ2v) is 8.44. The highest BCUT2D eigenvalue weighted by Crippen LogP contribution is 2.31. The Balaban J connectivity index is 1.97. The SMILES string of the molecule is CC[S+]([O-])N[C@H]1[C@@H](F)CN(C(N)=O)[C@H]1Cc1cccc(-c2cccc(F)c2F)c1F. The van der Waals surface area contributed by atoms with Crippen molar-refractivity contribution >= 4 is 17.4 Å². The van der Waals surface area contributed by atoms with Crippen LogP contribution >= 0.6 is 0 Å². The summed E-state index contributed by atoms with van der Waals surface area (Å²) in [5.41, 5.74) is 5.01. The number of rotatable bonds is 6. The Morgan fingerprint density at radius 3 is 2.47 bits per heavy atom. The van der Waals surface area contributed by atoms with E-state index in [0.29, 0.717) is 0 Å². The Morgan fingerprint density at radius 1 is 1.20 bits per heavy atom. The van der Waals surface area contributed by atoms with Crippen LogP contribution in [0, 0.1) is 17.5 Å². The van der Waals surface area contributed by atoms with Gasteiger partial charge in [0.25, 0.3) is 0 Å². The highest BCUT2D eigenvalue weighted by Gasteiger charge is 2.46. The van der Waals surface area contributed by atoms with Gasteiger partial charge in [0.2, 0.25) is 0 Å². The topological polar surface area (TPSA) is 81.4 Å². The molecule has 2 aromatic carbocycles. The number of hydrogen-bond acceptors (Lipinski definition) is 3. The zero-order chi connectivity index (χ0) is 22.0. The average molecular weight is 443 g/mol. The van der Waals surface area contributed by atoms with Crippen LogP contribution in [-0.4, -0.2) is 46.0 Å². The maximum Gasteiger partial charge on any atom is 0.315 e. The number of nitrogens with two attached hydrogens (primary N) is 1. The van der Waals surface area contributed by atoms with E-state index in [-0.39, 0.29) is 35.4 Å². The van der Waals surface area contributed by atoms with Gasteiger partial charge in [0.15, 0.2) is 11.6 Å². The first kappa shape index (κ1) is 22.4. The normalized spacial score (nSPS) is 22.3. The van der Waals surface area contributed by atoms with Gasteiger partial charge in [-0.05, 0) is 25.0 Å². The van der Waals surface area contributed by atoms with Crippen LogP contribution in [0.15, 0.2) is 36.4 Å². The lowest BCUT2D eigenvalue weighted by atomic mass is 9.95. The molecule has 1 aliphatic heterocycles. The number of primary amides is 1. The number of nitrogens with zero attached hydrogens (tertiary/aromatic N) is 1. The molecule has 0 radical (unpaired) electrons. The first-order chi connectivity index (χ1) is 14.2. The predicted molar refractivity (Wildman–Crippen MR) is 106 cm³/mol. The molecule has 0 aromatic heterocycles. The molecule has 30 heavy (non-hydrogen) atoms. The third-order valence-electron chi connectivity index (χ3n) is 5.14. The fourth-order valence-electron chi connectivity index (χ4n) is 3.63. The number of carbonyl (C=O) groups excluding carboxylic acids is 1. The van der Waals surface area contributed by atoms with Gasteiger partial charge < -0.3 is 15.2 Å². The molecular weight excluding hydrogens is 422 g/mol. The lowest BCUT2D eigenvalue weighted by molar-refractivity contribution is 0.197. The van der Waals surface area contributed by atoms with Crippen LogP contribution in [0.2, 0.25) is 0 Å². The summed E-state index contributed by atoms with van der Waals surface area (Å²) in [5.74, 6) is -2.89. The fourth-order valence-corrected chi connectivity index (χ4v) is 4.41. The van der Waals surface area contributed by atoms with E-state index in [4.69, 9.17) is 5.73 Å². The predicted octanol–water partition coefficient (Wildman–Crippen LogP) is 3.06. The van der Waals surface area contributed by atoms with Crippen molar-refractivity contribution < 1.29 is 26.9 Å². The van der Waals surface area contributed by atoms with E-state index >= 15 is 4.39 Å². The molecule has 3 rings (SSSR count). The van der Waals surface area contributed by atoms with Crippen LogP contribution in [0.5, 0.6) is 0 Å². The van der Waals surface area contributed by atoms with Crippen molar-refractivity contribution in [1.29, 1.82) is 0 Å². The summed E-state index contributed by atoms with van der Waals surface area (Å²) >= 11 is -1.54. The van der Waals surface area contributed by atoms with Crippen LogP contribution in [-0.2, 0) is 17.8 Å². The zero-order valence-corrected chi connectivity index (χ0v) is 16.9. The number of benzene rings is 2. The molecule has 2 amide bonds. The monoisotopic (exact) mass is 443 g/mol. The zero-order valence-electron chi connectivity index (χ0n) is 16.1. The first-order valence-electron chi connectivity index (χ1n) is 9.31. The van der Waals surface area contributed by atoms with Crippen molar-refractivity contribution in [3.05, 3.63) is 59.4 Å². The van der Waals surface area contributed by atoms with Gasteiger partial charge in [0, 0.05) is 22.5 Å². The molecule has 1 fully saturated rings. The van der Waals surface area contributed by atoms with Gasteiger partial charge >= 0.3 is 6.03 Å². The molecule has 2 aromatic rings. The molecule has 0 bridgehead atoms. The van der Waals surface area contributed by atoms with E-state index in [1.807, 2.05) is 0 Å². The van der Waals surface area contributed by atoms with E-state index < -0.39 is 53.1 Å². The minimum atomic E-state index is -1.55. The third kappa shape index (κ3) is 4.40. The highest BCUT2D eigenvalue weighted by atomic mass is 32.2. The summed E-state index contributed by atoms with van der Waals surface area (Å²) in [5, 5.41) is 0. The number of carbonyl (C=O) groups is 1. The maximum absolute atomic E-state index is 15.2. The van der Waals surface area contributed by atoms with Gasteiger partial charge in [0.05, 0.1) is 12.6 Å². The molecule has 4 atom stereocenters. The molecule has 10 heteroatoms. The number of hydrogen-bond donors (Lipinski definition) is 2. The molecule has 162 valence electrons. The van der Waals surface area contributed by atoms with E-state index in [9.17, 15) is 22.5 Å². The van der Waals surface area contributed by atoms with Crippen molar-refractivity contribution in [2.24, 2.45) is 5.73 Å². The van der Waals surface area contributed by atoms with Crippen molar-refractivity contribution in [3.8, 4) is 11.1 Å². The van der Waals surface area contributed by atoms with Crippen LogP contribution in [0.3, 0.4) is 0 Å². The summed E-state index contributed by atoms with van der Waals surface area (Å²) in [7, 11) is 0. The Kier molecular flexibility index (Phi) is 6.89. The molecule has 1 aliphatic rings. The average Bonchev–Trinajstić information content (AvgIpc) is 3.01. The number of alkyl halides is 1. The smallest absolute Gasteiger partial charge is 0.315 e. The molecule has 1 saturated heterocycles. The van der Waals surface area contributed by atoms with Crippen molar-refractivity contribution in [1.82, 2.24) is 9.62 Å².